The average molecular weight is 469 g/mol. The standard InChI is InChI=1S/C28H40N2O4/c1-22(33-26-12-6-8-18-31-26)10-4-2-3-5-11-23-20-29-28(30-21-23)24-14-16-25(17-15-24)34-27-13-7-9-19-32-27/h14-17,20-22,26-27H,2-13,18-19H2,1H3. The topological polar surface area (TPSA) is 62.7 Å². The number of aromatic nitrogens is 2. The molecule has 186 valence electrons. The van der Waals surface area contributed by atoms with Crippen LogP contribution in [-0.4, -0.2) is 41.9 Å². The molecule has 34 heavy (non-hydrogen) atoms. The van der Waals surface area contributed by atoms with Crippen molar-refractivity contribution in [2.24, 2.45) is 0 Å². The van der Waals surface area contributed by atoms with Crippen molar-refractivity contribution in [2.45, 2.75) is 103 Å². The van der Waals surface area contributed by atoms with E-state index >= 15 is 0 Å². The lowest BCUT2D eigenvalue weighted by atomic mass is 10.1. The van der Waals surface area contributed by atoms with Gasteiger partial charge in [0.05, 0.1) is 12.7 Å². The van der Waals surface area contributed by atoms with E-state index in [1.165, 1.54) is 44.1 Å². The molecule has 2 fully saturated rings. The Morgan fingerprint density at radius 1 is 0.853 bits per heavy atom. The Kier molecular flexibility index (Phi) is 10.2. The molecule has 1 aromatic carbocycles. The monoisotopic (exact) mass is 468 g/mol. The van der Waals surface area contributed by atoms with Crippen molar-refractivity contribution in [2.75, 3.05) is 13.2 Å². The minimum Gasteiger partial charge on any atom is -0.465 e. The van der Waals surface area contributed by atoms with Gasteiger partial charge in [-0.25, -0.2) is 9.97 Å². The van der Waals surface area contributed by atoms with Gasteiger partial charge in [0.2, 0.25) is 0 Å². The fourth-order valence-corrected chi connectivity index (χ4v) is 4.53. The van der Waals surface area contributed by atoms with Crippen LogP contribution >= 0.6 is 0 Å². The summed E-state index contributed by atoms with van der Waals surface area (Å²) in [5.74, 6) is 1.58. The number of hydrogen-bond donors (Lipinski definition) is 0. The Balaban J connectivity index is 1.11. The Hall–Kier alpha value is -2.02. The number of rotatable bonds is 12. The summed E-state index contributed by atoms with van der Waals surface area (Å²) < 4.78 is 23.2. The molecule has 0 N–H and O–H groups in total. The van der Waals surface area contributed by atoms with Gasteiger partial charge in [0.25, 0.3) is 0 Å². The van der Waals surface area contributed by atoms with Gasteiger partial charge in [-0.1, -0.05) is 19.3 Å². The second-order valence-corrected chi connectivity index (χ2v) is 9.55. The minimum absolute atomic E-state index is 0.0224. The van der Waals surface area contributed by atoms with E-state index in [1.54, 1.807) is 0 Å². The molecular formula is C28H40N2O4. The fourth-order valence-electron chi connectivity index (χ4n) is 4.53. The van der Waals surface area contributed by atoms with E-state index in [0.717, 1.165) is 68.9 Å². The smallest absolute Gasteiger partial charge is 0.199 e. The lowest BCUT2D eigenvalue weighted by Gasteiger charge is -2.26. The Bertz CT molecular complexity index is 815. The second kappa shape index (κ2) is 13.8. The number of benzene rings is 1. The van der Waals surface area contributed by atoms with E-state index in [0.29, 0.717) is 0 Å². The summed E-state index contributed by atoms with van der Waals surface area (Å²) in [5, 5.41) is 0. The molecule has 6 nitrogen and oxygen atoms in total. The van der Waals surface area contributed by atoms with Gasteiger partial charge in [0.1, 0.15) is 5.75 Å². The molecule has 2 aliphatic heterocycles. The van der Waals surface area contributed by atoms with Crippen LogP contribution in [-0.2, 0) is 20.6 Å². The molecule has 0 saturated carbocycles. The van der Waals surface area contributed by atoms with E-state index in [2.05, 4.69) is 16.9 Å². The molecule has 2 aromatic rings. The number of ether oxygens (including phenoxy) is 4. The molecule has 3 unspecified atom stereocenters. The van der Waals surface area contributed by atoms with Gasteiger partial charge < -0.3 is 18.9 Å². The summed E-state index contributed by atoms with van der Waals surface area (Å²) >= 11 is 0. The molecule has 0 spiro atoms. The predicted molar refractivity (Wildman–Crippen MR) is 133 cm³/mol. The SMILES string of the molecule is CC(CCCCCCc1cnc(-c2ccc(OC3CCCCO3)cc2)nc1)OC1CCCCO1. The van der Waals surface area contributed by atoms with Crippen LogP contribution in [0.15, 0.2) is 36.7 Å². The zero-order valence-electron chi connectivity index (χ0n) is 20.6. The van der Waals surface area contributed by atoms with Crippen molar-refractivity contribution in [3.05, 3.63) is 42.2 Å². The van der Waals surface area contributed by atoms with Crippen LogP contribution in [0.4, 0.5) is 0 Å². The maximum atomic E-state index is 6.00. The Morgan fingerprint density at radius 3 is 2.21 bits per heavy atom. The molecule has 2 aliphatic rings. The first-order valence-corrected chi connectivity index (χ1v) is 13.2. The van der Waals surface area contributed by atoms with E-state index in [9.17, 15) is 0 Å². The third-order valence-corrected chi connectivity index (χ3v) is 6.57. The van der Waals surface area contributed by atoms with E-state index in [-0.39, 0.29) is 18.7 Å². The molecule has 3 atom stereocenters. The van der Waals surface area contributed by atoms with Gasteiger partial charge in [-0.15, -0.1) is 0 Å². The maximum Gasteiger partial charge on any atom is 0.199 e. The number of nitrogens with zero attached hydrogens (tertiary/aromatic N) is 2. The van der Waals surface area contributed by atoms with E-state index < -0.39 is 0 Å². The highest BCUT2D eigenvalue weighted by Gasteiger charge is 2.17. The van der Waals surface area contributed by atoms with Crippen molar-refractivity contribution >= 4 is 0 Å². The second-order valence-electron chi connectivity index (χ2n) is 9.55. The largest absolute Gasteiger partial charge is 0.465 e. The van der Waals surface area contributed by atoms with Crippen molar-refractivity contribution in [3.63, 3.8) is 0 Å². The van der Waals surface area contributed by atoms with Gasteiger partial charge in [0, 0.05) is 31.0 Å². The van der Waals surface area contributed by atoms with Crippen molar-refractivity contribution in [3.8, 4) is 17.1 Å². The number of hydrogen-bond acceptors (Lipinski definition) is 6. The van der Waals surface area contributed by atoms with Crippen LogP contribution in [0.3, 0.4) is 0 Å². The lowest BCUT2D eigenvalue weighted by molar-refractivity contribution is -0.185. The molecule has 6 heteroatoms. The van der Waals surface area contributed by atoms with Crippen LogP contribution in [0, 0.1) is 0 Å². The van der Waals surface area contributed by atoms with Crippen LogP contribution in [0.5, 0.6) is 5.75 Å². The Labute approximate surface area is 204 Å². The van der Waals surface area contributed by atoms with Crippen molar-refractivity contribution < 1.29 is 18.9 Å². The Morgan fingerprint density at radius 2 is 1.53 bits per heavy atom. The molecule has 0 aliphatic carbocycles. The molecule has 0 amide bonds. The summed E-state index contributed by atoms with van der Waals surface area (Å²) in [4.78, 5) is 9.17. The highest BCUT2D eigenvalue weighted by atomic mass is 16.7. The summed E-state index contributed by atoms with van der Waals surface area (Å²) in [7, 11) is 0. The fraction of sp³-hybridized carbons (Fsp3) is 0.643. The van der Waals surface area contributed by atoms with Crippen LogP contribution in [0.2, 0.25) is 0 Å². The third kappa shape index (κ3) is 8.33. The molecule has 4 rings (SSSR count). The normalized spacial score (nSPS) is 21.8. The quantitative estimate of drug-likeness (QED) is 0.333. The van der Waals surface area contributed by atoms with Crippen molar-refractivity contribution in [1.29, 1.82) is 0 Å². The lowest BCUT2D eigenvalue weighted by Crippen LogP contribution is -2.26. The highest BCUT2D eigenvalue weighted by Crippen LogP contribution is 2.23. The summed E-state index contributed by atoms with van der Waals surface area (Å²) in [5.41, 5.74) is 2.20. The third-order valence-electron chi connectivity index (χ3n) is 6.57. The van der Waals surface area contributed by atoms with Crippen LogP contribution in [0.25, 0.3) is 11.4 Å². The first-order valence-electron chi connectivity index (χ1n) is 13.2. The molecule has 0 bridgehead atoms. The zero-order chi connectivity index (χ0) is 23.4. The molecule has 3 heterocycles. The first-order chi connectivity index (χ1) is 16.8. The van der Waals surface area contributed by atoms with E-state index in [1.807, 2.05) is 36.7 Å². The number of aryl methyl sites for hydroxylation is 1. The van der Waals surface area contributed by atoms with Crippen molar-refractivity contribution in [1.82, 2.24) is 9.97 Å². The van der Waals surface area contributed by atoms with Gasteiger partial charge in [-0.3, -0.25) is 0 Å². The summed E-state index contributed by atoms with van der Waals surface area (Å²) in [6, 6.07) is 7.97. The summed E-state index contributed by atoms with van der Waals surface area (Å²) in [6.07, 6.45) is 17.7. The van der Waals surface area contributed by atoms with Gasteiger partial charge >= 0.3 is 0 Å². The number of unbranched alkanes of at least 4 members (excludes halogenated alkanes) is 3. The average Bonchev–Trinajstić information content (AvgIpc) is 2.88. The first kappa shape index (κ1) is 25.1. The van der Waals surface area contributed by atoms with E-state index in [4.69, 9.17) is 18.9 Å². The highest BCUT2D eigenvalue weighted by molar-refractivity contribution is 5.55. The van der Waals surface area contributed by atoms with Gasteiger partial charge in [-0.05, 0) is 88.1 Å². The molecule has 2 saturated heterocycles. The van der Waals surface area contributed by atoms with Crippen LogP contribution < -0.4 is 4.74 Å². The minimum atomic E-state index is -0.122. The summed E-state index contributed by atoms with van der Waals surface area (Å²) in [6.45, 7) is 3.80. The zero-order valence-corrected chi connectivity index (χ0v) is 20.6. The maximum absolute atomic E-state index is 6.00. The van der Waals surface area contributed by atoms with Gasteiger partial charge in [0.15, 0.2) is 18.4 Å². The molecule has 0 radical (unpaired) electrons. The molecular weight excluding hydrogens is 428 g/mol. The van der Waals surface area contributed by atoms with Crippen LogP contribution in [0.1, 0.15) is 83.1 Å². The predicted octanol–water partition coefficient (Wildman–Crippen LogP) is 6.47. The molecule has 1 aromatic heterocycles. The van der Waals surface area contributed by atoms with Gasteiger partial charge in [-0.2, -0.15) is 0 Å².